The summed E-state index contributed by atoms with van der Waals surface area (Å²) in [6, 6.07) is 11.2. The molecule has 0 bridgehead atoms. The van der Waals surface area contributed by atoms with Gasteiger partial charge in [-0.25, -0.2) is 4.98 Å². The van der Waals surface area contributed by atoms with E-state index in [1.54, 1.807) is 13.1 Å². The molecular weight excluding hydrogens is 240 g/mol. The number of hydrogen-bond acceptors (Lipinski definition) is 4. The summed E-state index contributed by atoms with van der Waals surface area (Å²) in [4.78, 5) is 19.7. The minimum Gasteiger partial charge on any atom is -0.435 e. The highest BCUT2D eigenvalue weighted by Crippen LogP contribution is 2.23. The number of rotatable bonds is 3. The first-order valence-corrected chi connectivity index (χ1v) is 6.03. The lowest BCUT2D eigenvalue weighted by Gasteiger charge is -1.95. The van der Waals surface area contributed by atoms with Gasteiger partial charge in [-0.3, -0.25) is 9.78 Å². The van der Waals surface area contributed by atoms with Crippen molar-refractivity contribution < 1.29 is 9.21 Å². The Hall–Kier alpha value is -2.49. The number of pyridine rings is 1. The van der Waals surface area contributed by atoms with Crippen LogP contribution in [0.4, 0.5) is 0 Å². The molecule has 0 fully saturated rings. The first-order chi connectivity index (χ1) is 9.22. The zero-order valence-corrected chi connectivity index (χ0v) is 10.5. The van der Waals surface area contributed by atoms with Gasteiger partial charge in [0.15, 0.2) is 5.58 Å². The van der Waals surface area contributed by atoms with Crippen LogP contribution < -0.4 is 0 Å². The second-order valence-corrected chi connectivity index (χ2v) is 4.41. The van der Waals surface area contributed by atoms with Gasteiger partial charge < -0.3 is 4.42 Å². The number of carbonyl (C=O) groups is 1. The molecular formula is C15H12N2O2. The third-order valence-electron chi connectivity index (χ3n) is 2.79. The molecule has 3 rings (SSSR count). The summed E-state index contributed by atoms with van der Waals surface area (Å²) < 4.78 is 5.69. The lowest BCUT2D eigenvalue weighted by molar-refractivity contribution is -0.116. The largest absolute Gasteiger partial charge is 0.435 e. The highest BCUT2D eigenvalue weighted by molar-refractivity contribution is 5.81. The Balaban J connectivity index is 2.04. The van der Waals surface area contributed by atoms with Crippen LogP contribution in [0.3, 0.4) is 0 Å². The Morgan fingerprint density at radius 1 is 1.26 bits per heavy atom. The van der Waals surface area contributed by atoms with Crippen LogP contribution in [-0.4, -0.2) is 15.8 Å². The lowest BCUT2D eigenvalue weighted by atomic mass is 10.1. The zero-order chi connectivity index (χ0) is 13.2. The maximum atomic E-state index is 11.1. The van der Waals surface area contributed by atoms with Gasteiger partial charge in [0, 0.05) is 12.6 Å². The minimum atomic E-state index is 0.129. The van der Waals surface area contributed by atoms with Crippen molar-refractivity contribution in [3.63, 3.8) is 0 Å². The second kappa shape index (κ2) is 4.65. The van der Waals surface area contributed by atoms with Gasteiger partial charge in [0.05, 0.1) is 0 Å². The number of oxazole rings is 1. The number of benzene rings is 1. The van der Waals surface area contributed by atoms with Gasteiger partial charge in [0.1, 0.15) is 17.0 Å². The van der Waals surface area contributed by atoms with Crippen molar-refractivity contribution >= 4 is 16.9 Å². The van der Waals surface area contributed by atoms with Crippen LogP contribution in [0.5, 0.6) is 0 Å². The maximum Gasteiger partial charge on any atom is 0.246 e. The van der Waals surface area contributed by atoms with E-state index < -0.39 is 0 Å². The van der Waals surface area contributed by atoms with Crippen LogP contribution in [0, 0.1) is 0 Å². The van der Waals surface area contributed by atoms with Crippen molar-refractivity contribution in [3.05, 3.63) is 48.2 Å². The maximum absolute atomic E-state index is 11.1. The average molecular weight is 252 g/mol. The van der Waals surface area contributed by atoms with Gasteiger partial charge in [0.25, 0.3) is 0 Å². The van der Waals surface area contributed by atoms with Crippen LogP contribution in [0.1, 0.15) is 12.5 Å². The fourth-order valence-electron chi connectivity index (χ4n) is 1.97. The monoisotopic (exact) mass is 252 g/mol. The Morgan fingerprint density at radius 3 is 2.89 bits per heavy atom. The smallest absolute Gasteiger partial charge is 0.246 e. The molecule has 4 nitrogen and oxygen atoms in total. The third-order valence-corrected chi connectivity index (χ3v) is 2.79. The highest BCUT2D eigenvalue weighted by atomic mass is 16.3. The number of Topliss-reactive ketones (excluding diaryl/α,β-unsaturated/α-hetero) is 1. The molecule has 0 spiro atoms. The van der Waals surface area contributed by atoms with E-state index in [2.05, 4.69) is 9.97 Å². The quantitative estimate of drug-likeness (QED) is 0.719. The van der Waals surface area contributed by atoms with E-state index in [0.717, 1.165) is 11.1 Å². The van der Waals surface area contributed by atoms with Crippen molar-refractivity contribution in [3.8, 4) is 11.6 Å². The topological polar surface area (TPSA) is 56.0 Å². The van der Waals surface area contributed by atoms with Gasteiger partial charge in [-0.1, -0.05) is 12.1 Å². The van der Waals surface area contributed by atoms with Crippen LogP contribution in [-0.2, 0) is 11.2 Å². The van der Waals surface area contributed by atoms with Gasteiger partial charge in [0.2, 0.25) is 5.89 Å². The Bertz CT molecular complexity index is 732. The third kappa shape index (κ3) is 2.38. The zero-order valence-electron chi connectivity index (χ0n) is 10.5. The molecule has 4 heteroatoms. The van der Waals surface area contributed by atoms with Crippen LogP contribution in [0.2, 0.25) is 0 Å². The number of aromatic nitrogens is 2. The normalized spacial score (nSPS) is 10.8. The van der Waals surface area contributed by atoms with E-state index in [1.807, 2.05) is 36.4 Å². The fraction of sp³-hybridized carbons (Fsp3) is 0.133. The van der Waals surface area contributed by atoms with E-state index >= 15 is 0 Å². The van der Waals surface area contributed by atoms with Crippen molar-refractivity contribution in [2.45, 2.75) is 13.3 Å². The molecule has 1 aromatic carbocycles. The van der Waals surface area contributed by atoms with Gasteiger partial charge in [-0.15, -0.1) is 0 Å². The van der Waals surface area contributed by atoms with Crippen molar-refractivity contribution in [2.24, 2.45) is 0 Å². The highest BCUT2D eigenvalue weighted by Gasteiger charge is 2.09. The predicted octanol–water partition coefficient (Wildman–Crippen LogP) is 3.02. The standard InChI is InChI=1S/C15H12N2O2/c1-10(18)8-11-5-6-12-14(9-11)19-15(17-12)13-4-2-3-7-16-13/h2-7,9H,8H2,1H3. The van der Waals surface area contributed by atoms with Crippen molar-refractivity contribution in [1.29, 1.82) is 0 Å². The summed E-state index contributed by atoms with van der Waals surface area (Å²) in [5.41, 5.74) is 3.09. The first kappa shape index (κ1) is 11.6. The van der Waals surface area contributed by atoms with Crippen LogP contribution in [0.25, 0.3) is 22.7 Å². The molecule has 0 aliphatic rings. The fourth-order valence-corrected chi connectivity index (χ4v) is 1.97. The number of carbonyl (C=O) groups excluding carboxylic acids is 1. The molecule has 0 radical (unpaired) electrons. The SMILES string of the molecule is CC(=O)Cc1ccc2nc(-c3ccccn3)oc2c1. The number of fused-ring (bicyclic) bond motifs is 1. The molecule has 94 valence electrons. The van der Waals surface area contributed by atoms with Crippen molar-refractivity contribution in [1.82, 2.24) is 9.97 Å². The molecule has 0 amide bonds. The molecule has 3 aromatic rings. The summed E-state index contributed by atoms with van der Waals surface area (Å²) >= 11 is 0. The van der Waals surface area contributed by atoms with Gasteiger partial charge in [-0.2, -0.15) is 0 Å². The lowest BCUT2D eigenvalue weighted by Crippen LogP contribution is -1.95. The van der Waals surface area contributed by atoms with Gasteiger partial charge >= 0.3 is 0 Å². The summed E-state index contributed by atoms with van der Waals surface area (Å²) in [5.74, 6) is 0.624. The van der Waals surface area contributed by atoms with Gasteiger partial charge in [-0.05, 0) is 36.8 Å². The molecule has 0 aliphatic heterocycles. The Morgan fingerprint density at radius 2 is 2.16 bits per heavy atom. The molecule has 2 aromatic heterocycles. The predicted molar refractivity (Wildman–Crippen MR) is 71.6 cm³/mol. The molecule has 2 heterocycles. The van der Waals surface area contributed by atoms with Crippen molar-refractivity contribution in [2.75, 3.05) is 0 Å². The van der Waals surface area contributed by atoms with E-state index in [-0.39, 0.29) is 5.78 Å². The molecule has 0 saturated carbocycles. The number of ketones is 1. The summed E-state index contributed by atoms with van der Waals surface area (Å²) in [6.45, 7) is 1.57. The van der Waals surface area contributed by atoms with E-state index in [0.29, 0.717) is 23.6 Å². The van der Waals surface area contributed by atoms with E-state index in [4.69, 9.17) is 4.42 Å². The summed E-state index contributed by atoms with van der Waals surface area (Å²) in [5, 5.41) is 0. The van der Waals surface area contributed by atoms with Crippen LogP contribution >= 0.6 is 0 Å². The molecule has 0 saturated heterocycles. The molecule has 19 heavy (non-hydrogen) atoms. The van der Waals surface area contributed by atoms with Crippen LogP contribution in [0.15, 0.2) is 47.0 Å². The minimum absolute atomic E-state index is 0.129. The van der Waals surface area contributed by atoms with E-state index in [9.17, 15) is 4.79 Å². The summed E-state index contributed by atoms with van der Waals surface area (Å²) in [7, 11) is 0. The first-order valence-electron chi connectivity index (χ1n) is 6.03. The van der Waals surface area contributed by atoms with E-state index in [1.165, 1.54) is 0 Å². The average Bonchev–Trinajstić information content (AvgIpc) is 2.82. The molecule has 0 N–H and O–H groups in total. The summed E-state index contributed by atoms with van der Waals surface area (Å²) in [6.07, 6.45) is 2.11. The number of hydrogen-bond donors (Lipinski definition) is 0. The number of nitrogens with zero attached hydrogens (tertiary/aromatic N) is 2. The molecule has 0 unspecified atom stereocenters. The molecule has 0 atom stereocenters. The Labute approximate surface area is 110 Å². The Kier molecular flexibility index (Phi) is 2.83. The second-order valence-electron chi connectivity index (χ2n) is 4.41. The molecule has 0 aliphatic carbocycles.